The van der Waals surface area contributed by atoms with Crippen molar-refractivity contribution in [3.63, 3.8) is 0 Å². The first kappa shape index (κ1) is 12.5. The number of rotatable bonds is 6. The summed E-state index contributed by atoms with van der Waals surface area (Å²) in [5.41, 5.74) is 2.29. The molecule has 0 saturated heterocycles. The molecule has 98 valence electrons. The number of anilines is 2. The highest BCUT2D eigenvalue weighted by Crippen LogP contribution is 2.35. The van der Waals surface area contributed by atoms with Crippen LogP contribution in [0.4, 0.5) is 17.3 Å². The van der Waals surface area contributed by atoms with Crippen LogP contribution in [-0.2, 0) is 0 Å². The van der Waals surface area contributed by atoms with Gasteiger partial charge in [-0.25, -0.2) is 10.8 Å². The zero-order valence-electron chi connectivity index (χ0n) is 9.74. The average molecular weight is 253 g/mol. The molecule has 0 spiro atoms. The van der Waals surface area contributed by atoms with Gasteiger partial charge in [-0.3, -0.25) is 10.1 Å². The highest BCUT2D eigenvalue weighted by Gasteiger charge is 2.33. The minimum atomic E-state index is -0.477. The number of nitrogens with one attached hydrogen (secondary N) is 1. The van der Waals surface area contributed by atoms with Gasteiger partial charge in [-0.05, 0) is 18.9 Å². The van der Waals surface area contributed by atoms with Crippen molar-refractivity contribution in [3.8, 4) is 0 Å². The fourth-order valence-corrected chi connectivity index (χ4v) is 1.83. The van der Waals surface area contributed by atoms with Gasteiger partial charge in [-0.15, -0.1) is 0 Å². The first-order chi connectivity index (χ1) is 8.67. The van der Waals surface area contributed by atoms with E-state index in [2.05, 4.69) is 10.4 Å². The lowest BCUT2D eigenvalue weighted by Gasteiger charge is -2.22. The number of hydrogen-bond acceptors (Lipinski definition) is 7. The van der Waals surface area contributed by atoms with Crippen LogP contribution in [0.25, 0.3) is 0 Å². The normalized spacial score (nSPS) is 14.3. The van der Waals surface area contributed by atoms with Crippen LogP contribution < -0.4 is 16.2 Å². The van der Waals surface area contributed by atoms with Gasteiger partial charge in [0.25, 0.3) is 0 Å². The minimum absolute atomic E-state index is 0.0738. The predicted molar refractivity (Wildman–Crippen MR) is 66.2 cm³/mol. The van der Waals surface area contributed by atoms with Crippen LogP contribution in [-0.4, -0.2) is 34.2 Å². The zero-order chi connectivity index (χ0) is 13.1. The summed E-state index contributed by atoms with van der Waals surface area (Å²) in [5.74, 6) is 5.88. The lowest BCUT2D eigenvalue weighted by molar-refractivity contribution is -0.384. The lowest BCUT2D eigenvalue weighted by atomic mass is 10.3. The van der Waals surface area contributed by atoms with E-state index in [0.29, 0.717) is 12.4 Å². The van der Waals surface area contributed by atoms with E-state index in [1.807, 2.05) is 0 Å². The maximum Gasteiger partial charge on any atom is 0.311 e. The highest BCUT2D eigenvalue weighted by molar-refractivity contribution is 5.62. The maximum absolute atomic E-state index is 11.0. The van der Waals surface area contributed by atoms with Crippen LogP contribution in [0, 0.1) is 10.1 Å². The molecule has 1 aromatic rings. The smallest absolute Gasteiger partial charge is 0.311 e. The second kappa shape index (κ2) is 5.15. The van der Waals surface area contributed by atoms with Gasteiger partial charge in [0.05, 0.1) is 11.5 Å². The van der Waals surface area contributed by atoms with E-state index in [-0.39, 0.29) is 24.2 Å². The van der Waals surface area contributed by atoms with E-state index >= 15 is 0 Å². The Labute approximate surface area is 104 Å². The largest absolute Gasteiger partial charge is 0.395 e. The van der Waals surface area contributed by atoms with Crippen molar-refractivity contribution < 1.29 is 10.0 Å². The molecule has 0 unspecified atom stereocenters. The number of nitro groups is 1. The molecule has 0 amide bonds. The number of nitrogens with zero attached hydrogens (tertiary/aromatic N) is 3. The third-order valence-electron chi connectivity index (χ3n) is 2.80. The number of aromatic nitrogens is 1. The maximum atomic E-state index is 11.0. The van der Waals surface area contributed by atoms with Gasteiger partial charge in [0.2, 0.25) is 5.82 Å². The molecule has 1 aromatic heterocycles. The Morgan fingerprint density at radius 2 is 2.33 bits per heavy atom. The van der Waals surface area contributed by atoms with Crippen LogP contribution in [0.2, 0.25) is 0 Å². The SMILES string of the molecule is NNc1ccc([N+](=O)[O-])c(N(CCO)C2CC2)n1. The summed E-state index contributed by atoms with van der Waals surface area (Å²) >= 11 is 0. The third kappa shape index (κ3) is 2.49. The molecule has 1 saturated carbocycles. The molecule has 1 aliphatic rings. The molecule has 0 atom stereocenters. The van der Waals surface area contributed by atoms with Crippen molar-refractivity contribution in [1.29, 1.82) is 0 Å². The van der Waals surface area contributed by atoms with Gasteiger partial charge in [-0.2, -0.15) is 0 Å². The number of aliphatic hydroxyl groups excluding tert-OH is 1. The number of nitrogen functional groups attached to an aromatic ring is 1. The highest BCUT2D eigenvalue weighted by atomic mass is 16.6. The second-order valence-corrected chi connectivity index (χ2v) is 4.09. The molecule has 0 aliphatic heterocycles. The molecule has 1 heterocycles. The van der Waals surface area contributed by atoms with Gasteiger partial charge < -0.3 is 15.4 Å². The van der Waals surface area contributed by atoms with Crippen LogP contribution in [0.1, 0.15) is 12.8 Å². The van der Waals surface area contributed by atoms with E-state index < -0.39 is 4.92 Å². The molecule has 4 N–H and O–H groups in total. The Balaban J connectivity index is 2.40. The topological polar surface area (TPSA) is 118 Å². The molecule has 1 aliphatic carbocycles. The van der Waals surface area contributed by atoms with Gasteiger partial charge >= 0.3 is 5.69 Å². The molecular formula is C10H15N5O3. The van der Waals surface area contributed by atoms with E-state index in [4.69, 9.17) is 10.9 Å². The standard InChI is InChI=1S/C10H15N5O3/c11-13-9-4-3-8(15(17)18)10(12-9)14(5-6-16)7-1-2-7/h3-4,7,16H,1-2,5-6,11H2,(H,12,13). The average Bonchev–Trinajstić information content (AvgIpc) is 3.19. The summed E-state index contributed by atoms with van der Waals surface area (Å²) in [6.45, 7) is 0.252. The molecule has 0 bridgehead atoms. The quantitative estimate of drug-likeness (QED) is 0.377. The Bertz CT molecular complexity index is 449. The number of pyridine rings is 1. The first-order valence-corrected chi connectivity index (χ1v) is 5.67. The molecule has 2 rings (SSSR count). The molecule has 0 radical (unpaired) electrons. The first-order valence-electron chi connectivity index (χ1n) is 5.67. The monoisotopic (exact) mass is 253 g/mol. The Kier molecular flexibility index (Phi) is 3.58. The van der Waals surface area contributed by atoms with Crippen molar-refractivity contribution in [3.05, 3.63) is 22.2 Å². The van der Waals surface area contributed by atoms with Gasteiger partial charge in [-0.1, -0.05) is 0 Å². The third-order valence-corrected chi connectivity index (χ3v) is 2.80. The van der Waals surface area contributed by atoms with E-state index in [9.17, 15) is 10.1 Å². The summed E-state index contributed by atoms with van der Waals surface area (Å²) < 4.78 is 0. The van der Waals surface area contributed by atoms with Crippen LogP contribution in [0.5, 0.6) is 0 Å². The van der Waals surface area contributed by atoms with Crippen molar-refractivity contribution in [2.24, 2.45) is 5.84 Å². The predicted octanol–water partition coefficient (Wildman–Crippen LogP) is 0.236. The van der Waals surface area contributed by atoms with Crippen molar-refractivity contribution in [1.82, 2.24) is 4.98 Å². The number of nitrogens with two attached hydrogens (primary N) is 1. The van der Waals surface area contributed by atoms with Gasteiger partial charge in [0.1, 0.15) is 5.82 Å². The van der Waals surface area contributed by atoms with Crippen molar-refractivity contribution in [2.45, 2.75) is 18.9 Å². The molecule has 8 heteroatoms. The molecular weight excluding hydrogens is 238 g/mol. The summed E-state index contributed by atoms with van der Waals surface area (Å²) in [7, 11) is 0. The van der Waals surface area contributed by atoms with Crippen molar-refractivity contribution >= 4 is 17.3 Å². The van der Waals surface area contributed by atoms with Gasteiger partial charge in [0.15, 0.2) is 0 Å². The number of hydrogen-bond donors (Lipinski definition) is 3. The van der Waals surface area contributed by atoms with E-state index in [1.54, 1.807) is 4.90 Å². The van der Waals surface area contributed by atoms with E-state index in [1.165, 1.54) is 12.1 Å². The summed E-state index contributed by atoms with van der Waals surface area (Å²) in [4.78, 5) is 16.4. The molecule has 1 fully saturated rings. The van der Waals surface area contributed by atoms with E-state index in [0.717, 1.165) is 12.8 Å². The van der Waals surface area contributed by atoms with Crippen molar-refractivity contribution in [2.75, 3.05) is 23.5 Å². The Hall–Kier alpha value is -1.93. The second-order valence-electron chi connectivity index (χ2n) is 4.09. The minimum Gasteiger partial charge on any atom is -0.395 e. The Morgan fingerprint density at radius 3 is 2.83 bits per heavy atom. The molecule has 0 aromatic carbocycles. The fourth-order valence-electron chi connectivity index (χ4n) is 1.83. The van der Waals surface area contributed by atoms with Crippen LogP contribution >= 0.6 is 0 Å². The zero-order valence-corrected chi connectivity index (χ0v) is 9.74. The summed E-state index contributed by atoms with van der Waals surface area (Å²) in [6.07, 6.45) is 1.91. The summed E-state index contributed by atoms with van der Waals surface area (Å²) in [6, 6.07) is 3.03. The van der Waals surface area contributed by atoms with Gasteiger partial charge in [0, 0.05) is 18.7 Å². The Morgan fingerprint density at radius 1 is 1.61 bits per heavy atom. The number of aliphatic hydroxyl groups is 1. The van der Waals surface area contributed by atoms with Crippen LogP contribution in [0.15, 0.2) is 12.1 Å². The lowest BCUT2D eigenvalue weighted by Crippen LogP contribution is -2.30. The summed E-state index contributed by atoms with van der Waals surface area (Å²) in [5, 5.41) is 20.0. The molecule has 18 heavy (non-hydrogen) atoms. The molecule has 8 nitrogen and oxygen atoms in total. The van der Waals surface area contributed by atoms with Crippen LogP contribution in [0.3, 0.4) is 0 Å². The number of hydrazine groups is 1. The fraction of sp³-hybridized carbons (Fsp3) is 0.500.